The normalized spacial score (nSPS) is 16.2. The predicted octanol–water partition coefficient (Wildman–Crippen LogP) is 5.47. The van der Waals surface area contributed by atoms with Crippen molar-refractivity contribution < 1.29 is 14.6 Å². The van der Waals surface area contributed by atoms with Crippen LogP contribution in [0, 0.1) is 17.8 Å². The summed E-state index contributed by atoms with van der Waals surface area (Å²) in [6.45, 7) is 9.67. The molecule has 2 aromatic carbocycles. The number of rotatable bonds is 12. The van der Waals surface area contributed by atoms with E-state index in [-0.39, 0.29) is 17.9 Å². The van der Waals surface area contributed by atoms with Gasteiger partial charge in [-0.25, -0.2) is 0 Å². The van der Waals surface area contributed by atoms with E-state index in [0.717, 1.165) is 25.0 Å². The first-order valence-corrected chi connectivity index (χ1v) is 11.4. The summed E-state index contributed by atoms with van der Waals surface area (Å²) in [6.07, 6.45) is 1.17. The van der Waals surface area contributed by atoms with Crippen molar-refractivity contribution in [2.24, 2.45) is 17.8 Å². The molecule has 0 saturated heterocycles. The third-order valence-electron chi connectivity index (χ3n) is 6.05. The maximum Gasteiger partial charge on any atom is 0.225 e. The molecule has 0 aliphatic carbocycles. The molecule has 2 rings (SSSR count). The molecule has 0 unspecified atom stereocenters. The zero-order valence-electron chi connectivity index (χ0n) is 19.7. The summed E-state index contributed by atoms with van der Waals surface area (Å²) in [5.74, 6) is 0.875. The SMILES string of the molecule is C[C@H](COCc1ccccc1)C[C@@H](C)C[C@@H](C)C(=O)N(C)[C@@H](C)[C@@H](O)c1ccccc1. The minimum absolute atomic E-state index is 0.0807. The molecule has 4 nitrogen and oxygen atoms in total. The van der Waals surface area contributed by atoms with Gasteiger partial charge in [-0.05, 0) is 42.7 Å². The molecule has 4 heteroatoms. The zero-order valence-corrected chi connectivity index (χ0v) is 19.7. The van der Waals surface area contributed by atoms with E-state index in [0.29, 0.717) is 18.4 Å². The summed E-state index contributed by atoms with van der Waals surface area (Å²) >= 11 is 0. The summed E-state index contributed by atoms with van der Waals surface area (Å²) in [6, 6.07) is 19.5. The third-order valence-corrected chi connectivity index (χ3v) is 6.05. The van der Waals surface area contributed by atoms with Gasteiger partial charge in [0, 0.05) is 19.6 Å². The highest BCUT2D eigenvalue weighted by molar-refractivity contribution is 5.78. The summed E-state index contributed by atoms with van der Waals surface area (Å²) in [7, 11) is 1.79. The lowest BCUT2D eigenvalue weighted by Gasteiger charge is -2.32. The minimum Gasteiger partial charge on any atom is -0.386 e. The highest BCUT2D eigenvalue weighted by Gasteiger charge is 2.28. The number of carbonyl (C=O) groups excluding carboxylic acids is 1. The first kappa shape index (κ1) is 25.1. The van der Waals surface area contributed by atoms with Crippen LogP contribution in [0.1, 0.15) is 57.8 Å². The van der Waals surface area contributed by atoms with Crippen molar-refractivity contribution in [1.82, 2.24) is 4.90 Å². The van der Waals surface area contributed by atoms with Crippen LogP contribution in [0.5, 0.6) is 0 Å². The zero-order chi connectivity index (χ0) is 22.8. The van der Waals surface area contributed by atoms with Crippen LogP contribution in [0.25, 0.3) is 0 Å². The van der Waals surface area contributed by atoms with Gasteiger partial charge in [-0.15, -0.1) is 0 Å². The van der Waals surface area contributed by atoms with E-state index in [1.54, 1.807) is 11.9 Å². The Labute approximate surface area is 188 Å². The van der Waals surface area contributed by atoms with Gasteiger partial charge in [-0.1, -0.05) is 81.4 Å². The molecule has 0 bridgehead atoms. The van der Waals surface area contributed by atoms with E-state index >= 15 is 0 Å². The molecule has 0 aliphatic heterocycles. The molecular formula is C27H39NO3. The van der Waals surface area contributed by atoms with Crippen molar-refractivity contribution in [2.45, 2.75) is 59.3 Å². The molecule has 31 heavy (non-hydrogen) atoms. The number of nitrogens with zero attached hydrogens (tertiary/aromatic N) is 1. The minimum atomic E-state index is -0.693. The summed E-state index contributed by atoms with van der Waals surface area (Å²) < 4.78 is 5.87. The number of hydrogen-bond donors (Lipinski definition) is 1. The largest absolute Gasteiger partial charge is 0.386 e. The quantitative estimate of drug-likeness (QED) is 0.490. The van der Waals surface area contributed by atoms with Gasteiger partial charge in [-0.2, -0.15) is 0 Å². The highest BCUT2D eigenvalue weighted by Crippen LogP contribution is 2.25. The van der Waals surface area contributed by atoms with Crippen molar-refractivity contribution in [1.29, 1.82) is 0 Å². The number of aliphatic hydroxyl groups excluding tert-OH is 1. The van der Waals surface area contributed by atoms with Gasteiger partial charge in [0.25, 0.3) is 0 Å². The van der Waals surface area contributed by atoms with Crippen LogP contribution < -0.4 is 0 Å². The maximum atomic E-state index is 13.0. The number of likely N-dealkylation sites (N-methyl/N-ethyl adjacent to an activating group) is 1. The molecule has 0 fully saturated rings. The second kappa shape index (κ2) is 12.6. The summed E-state index contributed by atoms with van der Waals surface area (Å²) in [4.78, 5) is 14.7. The van der Waals surface area contributed by atoms with Crippen LogP contribution in [-0.4, -0.2) is 35.6 Å². The Morgan fingerprint density at radius 1 is 0.903 bits per heavy atom. The smallest absolute Gasteiger partial charge is 0.225 e. The van der Waals surface area contributed by atoms with E-state index < -0.39 is 6.10 Å². The van der Waals surface area contributed by atoms with Gasteiger partial charge >= 0.3 is 0 Å². The monoisotopic (exact) mass is 425 g/mol. The molecule has 0 aromatic heterocycles. The Morgan fingerprint density at radius 3 is 2.10 bits per heavy atom. The van der Waals surface area contributed by atoms with Gasteiger partial charge in [0.15, 0.2) is 0 Å². The van der Waals surface area contributed by atoms with Crippen LogP contribution >= 0.6 is 0 Å². The van der Waals surface area contributed by atoms with Gasteiger partial charge < -0.3 is 14.7 Å². The van der Waals surface area contributed by atoms with Crippen LogP contribution in [0.4, 0.5) is 0 Å². The Kier molecular flexibility index (Phi) is 10.2. The van der Waals surface area contributed by atoms with E-state index in [4.69, 9.17) is 4.74 Å². The van der Waals surface area contributed by atoms with Crippen LogP contribution in [0.3, 0.4) is 0 Å². The fourth-order valence-corrected chi connectivity index (χ4v) is 4.20. The van der Waals surface area contributed by atoms with E-state index in [1.165, 1.54) is 5.56 Å². The maximum absolute atomic E-state index is 13.0. The van der Waals surface area contributed by atoms with E-state index in [9.17, 15) is 9.90 Å². The molecular weight excluding hydrogens is 386 g/mol. The van der Waals surface area contributed by atoms with Crippen molar-refractivity contribution in [3.63, 3.8) is 0 Å². The molecule has 0 heterocycles. The molecule has 5 atom stereocenters. The second-order valence-electron chi connectivity index (χ2n) is 9.13. The summed E-state index contributed by atoms with van der Waals surface area (Å²) in [5, 5.41) is 10.6. The van der Waals surface area contributed by atoms with Crippen LogP contribution in [0.15, 0.2) is 60.7 Å². The molecule has 1 N–H and O–H groups in total. The Morgan fingerprint density at radius 2 is 1.48 bits per heavy atom. The number of carbonyl (C=O) groups is 1. The Balaban J connectivity index is 1.75. The average Bonchev–Trinajstić information content (AvgIpc) is 2.78. The van der Waals surface area contributed by atoms with Gasteiger partial charge in [0.05, 0.1) is 18.8 Å². The summed E-state index contributed by atoms with van der Waals surface area (Å²) in [5.41, 5.74) is 2.02. The molecule has 0 aliphatic rings. The number of hydrogen-bond acceptors (Lipinski definition) is 3. The first-order valence-electron chi connectivity index (χ1n) is 11.4. The number of ether oxygens (including phenoxy) is 1. The number of benzene rings is 2. The van der Waals surface area contributed by atoms with Gasteiger partial charge in [0.1, 0.15) is 0 Å². The molecule has 1 amide bonds. The lowest BCUT2D eigenvalue weighted by molar-refractivity contribution is -0.138. The van der Waals surface area contributed by atoms with Gasteiger partial charge in [0.2, 0.25) is 5.91 Å². The molecule has 0 spiro atoms. The topological polar surface area (TPSA) is 49.8 Å². The van der Waals surface area contributed by atoms with Gasteiger partial charge in [-0.3, -0.25) is 4.79 Å². The number of amides is 1. The third kappa shape index (κ3) is 8.12. The lowest BCUT2D eigenvalue weighted by Crippen LogP contribution is -2.42. The van der Waals surface area contributed by atoms with E-state index in [1.807, 2.05) is 62.4 Å². The average molecular weight is 426 g/mol. The fraction of sp³-hybridized carbons (Fsp3) is 0.519. The highest BCUT2D eigenvalue weighted by atomic mass is 16.5. The van der Waals surface area contributed by atoms with Crippen molar-refractivity contribution in [3.05, 3.63) is 71.8 Å². The Hall–Kier alpha value is -2.17. The molecule has 2 aromatic rings. The van der Waals surface area contributed by atoms with Crippen molar-refractivity contribution in [2.75, 3.05) is 13.7 Å². The fourth-order valence-electron chi connectivity index (χ4n) is 4.20. The predicted molar refractivity (Wildman–Crippen MR) is 126 cm³/mol. The number of aliphatic hydroxyl groups is 1. The Bertz CT molecular complexity index is 765. The van der Waals surface area contributed by atoms with E-state index in [2.05, 4.69) is 26.0 Å². The standard InChI is InChI=1S/C27H39NO3/c1-20(16-21(2)18-31-19-24-12-8-6-9-13-24)17-22(3)27(30)28(5)23(4)26(29)25-14-10-7-11-15-25/h6-15,20-23,26,29H,16-19H2,1-5H3/t20-,21+,22-,23+,26-/m1/s1. The van der Waals surface area contributed by atoms with Crippen LogP contribution in [-0.2, 0) is 16.1 Å². The molecule has 0 radical (unpaired) electrons. The van der Waals surface area contributed by atoms with Crippen molar-refractivity contribution in [3.8, 4) is 0 Å². The molecule has 0 saturated carbocycles. The van der Waals surface area contributed by atoms with Crippen LogP contribution in [0.2, 0.25) is 0 Å². The first-order chi connectivity index (χ1) is 14.8. The van der Waals surface area contributed by atoms with Crippen molar-refractivity contribution >= 4 is 5.91 Å². The lowest BCUT2D eigenvalue weighted by atomic mass is 9.89. The molecule has 170 valence electrons. The second-order valence-corrected chi connectivity index (χ2v) is 9.13.